The van der Waals surface area contributed by atoms with Gasteiger partial charge in [-0.2, -0.15) is 0 Å². The van der Waals surface area contributed by atoms with E-state index in [0.717, 1.165) is 29.7 Å². The van der Waals surface area contributed by atoms with E-state index in [1.54, 1.807) is 4.90 Å². The van der Waals surface area contributed by atoms with E-state index in [2.05, 4.69) is 46.8 Å². The van der Waals surface area contributed by atoms with E-state index in [4.69, 9.17) is 4.74 Å². The molecule has 0 fully saturated rings. The van der Waals surface area contributed by atoms with Gasteiger partial charge in [0.25, 0.3) is 5.91 Å². The Kier molecular flexibility index (Phi) is 8.28. The number of para-hydroxylation sites is 1. The molecule has 0 heterocycles. The molecule has 1 N–H and O–H groups in total. The second-order valence-electron chi connectivity index (χ2n) is 6.47. The van der Waals surface area contributed by atoms with Gasteiger partial charge in [-0.05, 0) is 29.4 Å². The third-order valence-corrected chi connectivity index (χ3v) is 3.91. The molecule has 0 bridgehead atoms. The maximum atomic E-state index is 12.3. The van der Waals surface area contributed by atoms with Gasteiger partial charge in [-0.25, -0.2) is 0 Å². The van der Waals surface area contributed by atoms with Crippen LogP contribution in [0.15, 0.2) is 18.2 Å². The van der Waals surface area contributed by atoms with Gasteiger partial charge in [0.05, 0.1) is 5.69 Å². The van der Waals surface area contributed by atoms with E-state index >= 15 is 0 Å². The molecule has 1 aromatic carbocycles. The van der Waals surface area contributed by atoms with Gasteiger partial charge in [0.2, 0.25) is 0 Å². The van der Waals surface area contributed by atoms with Crippen LogP contribution >= 0.6 is 0 Å². The van der Waals surface area contributed by atoms with Crippen molar-refractivity contribution in [3.63, 3.8) is 0 Å². The molecule has 1 aromatic rings. The number of ether oxygens (including phenoxy) is 1. The topological polar surface area (TPSA) is 49.8 Å². The average Bonchev–Trinajstić information content (AvgIpc) is 2.53. The van der Waals surface area contributed by atoms with Gasteiger partial charge >= 0.3 is 0 Å². The monoisotopic (exact) mass is 321 g/mol. The van der Waals surface area contributed by atoms with Gasteiger partial charge in [0, 0.05) is 6.61 Å². The van der Waals surface area contributed by atoms with Crippen molar-refractivity contribution in [2.24, 2.45) is 0 Å². The van der Waals surface area contributed by atoms with Crippen LogP contribution in [0.25, 0.3) is 0 Å². The Bertz CT molecular complexity index is 471. The van der Waals surface area contributed by atoms with Crippen molar-refractivity contribution in [3.8, 4) is 0 Å². The van der Waals surface area contributed by atoms with Crippen LogP contribution in [0.4, 0.5) is 5.69 Å². The predicted octanol–water partition coefficient (Wildman–Crippen LogP) is 4.03. The Labute approximate surface area is 140 Å². The molecular weight excluding hydrogens is 290 g/mol. The summed E-state index contributed by atoms with van der Waals surface area (Å²) in [5, 5.41) is 9.38. The number of unbranched alkanes of at least 4 members (excludes halogenated alkanes) is 1. The second kappa shape index (κ2) is 9.68. The van der Waals surface area contributed by atoms with Gasteiger partial charge in [0.1, 0.15) is 13.3 Å². The van der Waals surface area contributed by atoms with Crippen LogP contribution in [0.5, 0.6) is 0 Å². The highest BCUT2D eigenvalue weighted by molar-refractivity contribution is 5.95. The van der Waals surface area contributed by atoms with Crippen molar-refractivity contribution in [1.29, 1.82) is 0 Å². The van der Waals surface area contributed by atoms with Gasteiger partial charge < -0.3 is 9.84 Å². The van der Waals surface area contributed by atoms with Gasteiger partial charge in [-0.3, -0.25) is 9.69 Å². The number of hydrogen-bond donors (Lipinski definition) is 1. The Balaban J connectivity index is 3.24. The minimum Gasteiger partial charge on any atom is -0.387 e. The molecule has 0 aliphatic heterocycles. The number of nitrogens with zero attached hydrogens (tertiary/aromatic N) is 1. The van der Waals surface area contributed by atoms with Crippen LogP contribution in [0, 0.1) is 0 Å². The zero-order valence-electron chi connectivity index (χ0n) is 15.1. The van der Waals surface area contributed by atoms with Crippen LogP contribution < -0.4 is 4.90 Å². The molecule has 0 aliphatic carbocycles. The summed E-state index contributed by atoms with van der Waals surface area (Å²) in [6.07, 6.45) is 2.01. The van der Waals surface area contributed by atoms with Crippen molar-refractivity contribution in [2.75, 3.05) is 24.8 Å². The Morgan fingerprint density at radius 2 is 1.74 bits per heavy atom. The van der Waals surface area contributed by atoms with Crippen molar-refractivity contribution >= 4 is 11.6 Å². The highest BCUT2D eigenvalue weighted by Gasteiger charge is 2.23. The summed E-state index contributed by atoms with van der Waals surface area (Å²) in [5.74, 6) is 0.248. The molecule has 4 heteroatoms. The molecular formula is C19H31NO3. The van der Waals surface area contributed by atoms with Crippen molar-refractivity contribution in [2.45, 2.75) is 59.3 Å². The smallest absolute Gasteiger partial charge is 0.254 e. The Morgan fingerprint density at radius 1 is 1.17 bits per heavy atom. The lowest BCUT2D eigenvalue weighted by molar-refractivity contribution is -0.122. The largest absolute Gasteiger partial charge is 0.387 e. The van der Waals surface area contributed by atoms with Crippen molar-refractivity contribution < 1.29 is 14.6 Å². The number of anilines is 1. The Morgan fingerprint density at radius 3 is 2.17 bits per heavy atom. The molecule has 130 valence electrons. The molecule has 0 saturated carbocycles. The molecule has 0 saturated heterocycles. The quantitative estimate of drug-likeness (QED) is 0.552. The zero-order chi connectivity index (χ0) is 17.4. The minimum absolute atomic E-state index is 0.183. The normalized spacial score (nSPS) is 11.3. The lowest BCUT2D eigenvalue weighted by Gasteiger charge is -2.29. The number of hydrogen-bond acceptors (Lipinski definition) is 3. The maximum absolute atomic E-state index is 12.3. The third-order valence-electron chi connectivity index (χ3n) is 3.91. The van der Waals surface area contributed by atoms with Crippen LogP contribution in [0.2, 0.25) is 0 Å². The van der Waals surface area contributed by atoms with E-state index in [9.17, 15) is 9.90 Å². The lowest BCUT2D eigenvalue weighted by atomic mass is 9.92. The Hall–Kier alpha value is -1.39. The summed E-state index contributed by atoms with van der Waals surface area (Å²) in [5.41, 5.74) is 3.11. The second-order valence-corrected chi connectivity index (χ2v) is 6.47. The fourth-order valence-electron chi connectivity index (χ4n) is 2.57. The van der Waals surface area contributed by atoms with Gasteiger partial charge in [-0.1, -0.05) is 59.2 Å². The molecule has 0 aliphatic rings. The highest BCUT2D eigenvalue weighted by Crippen LogP contribution is 2.35. The molecule has 23 heavy (non-hydrogen) atoms. The van der Waals surface area contributed by atoms with Gasteiger partial charge in [0.15, 0.2) is 0 Å². The van der Waals surface area contributed by atoms with Crippen LogP contribution in [-0.4, -0.2) is 31.0 Å². The summed E-state index contributed by atoms with van der Waals surface area (Å²) < 4.78 is 5.68. The fourth-order valence-corrected chi connectivity index (χ4v) is 2.57. The lowest BCUT2D eigenvalue weighted by Crippen LogP contribution is -2.37. The standard InChI is InChI=1S/C19H31NO3/c1-6-7-11-23-13-20(18(22)12-21)19-16(14(2)3)9-8-10-17(19)15(4)5/h8-10,14-15,21H,6-7,11-13H2,1-5H3. The molecule has 0 spiro atoms. The summed E-state index contributed by atoms with van der Waals surface area (Å²) in [7, 11) is 0. The molecule has 0 unspecified atom stereocenters. The highest BCUT2D eigenvalue weighted by atomic mass is 16.5. The molecule has 1 amide bonds. The van der Waals surface area contributed by atoms with E-state index in [1.165, 1.54) is 0 Å². The number of carbonyl (C=O) groups excluding carboxylic acids is 1. The molecule has 4 nitrogen and oxygen atoms in total. The molecule has 0 radical (unpaired) electrons. The zero-order valence-corrected chi connectivity index (χ0v) is 15.1. The molecule has 0 atom stereocenters. The van der Waals surface area contributed by atoms with E-state index in [0.29, 0.717) is 6.61 Å². The van der Waals surface area contributed by atoms with Crippen LogP contribution in [-0.2, 0) is 9.53 Å². The number of amides is 1. The predicted molar refractivity (Wildman–Crippen MR) is 94.9 cm³/mol. The molecule has 1 rings (SSSR count). The van der Waals surface area contributed by atoms with Crippen LogP contribution in [0.1, 0.15) is 70.4 Å². The fraction of sp³-hybridized carbons (Fsp3) is 0.632. The number of benzene rings is 1. The first-order valence-corrected chi connectivity index (χ1v) is 8.55. The average molecular weight is 321 g/mol. The SMILES string of the molecule is CCCCOCN(C(=O)CO)c1c(C(C)C)cccc1C(C)C. The summed E-state index contributed by atoms with van der Waals surface area (Å²) in [6, 6.07) is 6.14. The van der Waals surface area contributed by atoms with E-state index in [1.807, 2.05) is 6.07 Å². The van der Waals surface area contributed by atoms with E-state index < -0.39 is 6.61 Å². The number of aliphatic hydroxyl groups is 1. The van der Waals surface area contributed by atoms with E-state index in [-0.39, 0.29) is 24.5 Å². The summed E-state index contributed by atoms with van der Waals surface area (Å²) in [4.78, 5) is 13.9. The first kappa shape index (κ1) is 19.7. The summed E-state index contributed by atoms with van der Waals surface area (Å²) in [6.45, 7) is 10.8. The van der Waals surface area contributed by atoms with Crippen molar-refractivity contribution in [3.05, 3.63) is 29.3 Å². The molecule has 0 aromatic heterocycles. The third kappa shape index (κ3) is 5.33. The summed E-state index contributed by atoms with van der Waals surface area (Å²) >= 11 is 0. The number of carbonyl (C=O) groups is 1. The maximum Gasteiger partial charge on any atom is 0.254 e. The first-order valence-electron chi connectivity index (χ1n) is 8.55. The van der Waals surface area contributed by atoms with Crippen molar-refractivity contribution in [1.82, 2.24) is 0 Å². The first-order chi connectivity index (χ1) is 10.9. The van der Waals surface area contributed by atoms with Crippen LogP contribution in [0.3, 0.4) is 0 Å². The minimum atomic E-state index is -0.513. The number of rotatable bonds is 9. The number of aliphatic hydroxyl groups excluding tert-OH is 1. The van der Waals surface area contributed by atoms with Gasteiger partial charge in [-0.15, -0.1) is 0 Å².